The van der Waals surface area contributed by atoms with Gasteiger partial charge in [0.25, 0.3) is 0 Å². The monoisotopic (exact) mass is 335 g/mol. The lowest BCUT2D eigenvalue weighted by atomic mass is 10.2. The largest absolute Gasteiger partial charge is 0.339 e. The lowest BCUT2D eigenvalue weighted by Gasteiger charge is -2.34. The van der Waals surface area contributed by atoms with Gasteiger partial charge in [0.1, 0.15) is 0 Å². The molecule has 128 valence electrons. The molecule has 2 amide bonds. The van der Waals surface area contributed by atoms with Crippen LogP contribution in [0.5, 0.6) is 0 Å². The minimum absolute atomic E-state index is 0.00638. The van der Waals surface area contributed by atoms with Crippen molar-refractivity contribution >= 4 is 23.0 Å². The number of amides is 2. The Kier molecular flexibility index (Phi) is 4.24. The predicted octanol–water partition coefficient (Wildman–Crippen LogP) is 2.59. The molecule has 1 aliphatic heterocycles. The van der Waals surface area contributed by atoms with Gasteiger partial charge in [-0.3, -0.25) is 0 Å². The predicted molar refractivity (Wildman–Crippen MR) is 98.6 cm³/mol. The van der Waals surface area contributed by atoms with Crippen molar-refractivity contribution in [3.05, 3.63) is 60.2 Å². The van der Waals surface area contributed by atoms with Gasteiger partial charge in [0.15, 0.2) is 0 Å². The summed E-state index contributed by atoms with van der Waals surface area (Å²) in [6.07, 6.45) is 0. The number of hydrogen-bond donors (Lipinski definition) is 2. The lowest BCUT2D eigenvalue weighted by Crippen LogP contribution is -2.52. The van der Waals surface area contributed by atoms with Crippen LogP contribution in [-0.2, 0) is 6.54 Å². The van der Waals surface area contributed by atoms with E-state index in [1.165, 1.54) is 0 Å². The summed E-state index contributed by atoms with van der Waals surface area (Å²) in [5.41, 5.74) is 3.12. The maximum absolute atomic E-state index is 12.3. The van der Waals surface area contributed by atoms with E-state index >= 15 is 0 Å². The van der Waals surface area contributed by atoms with E-state index in [1.54, 1.807) is 0 Å². The van der Waals surface area contributed by atoms with Crippen LogP contribution in [0.3, 0.4) is 0 Å². The number of imidazole rings is 1. The number of rotatable bonds is 3. The van der Waals surface area contributed by atoms with E-state index < -0.39 is 0 Å². The second kappa shape index (κ2) is 6.84. The van der Waals surface area contributed by atoms with E-state index in [-0.39, 0.29) is 6.03 Å². The van der Waals surface area contributed by atoms with Crippen molar-refractivity contribution in [2.24, 2.45) is 0 Å². The van der Waals surface area contributed by atoms with Gasteiger partial charge in [-0.2, -0.15) is 0 Å². The van der Waals surface area contributed by atoms with E-state index in [0.717, 1.165) is 35.6 Å². The fourth-order valence-corrected chi connectivity index (χ4v) is 3.10. The number of para-hydroxylation sites is 2. The Morgan fingerprint density at radius 3 is 2.48 bits per heavy atom. The number of fused-ring (bicyclic) bond motifs is 1. The number of anilines is 1. The van der Waals surface area contributed by atoms with Crippen LogP contribution in [0.25, 0.3) is 11.0 Å². The molecule has 0 spiro atoms. The number of H-pyrrole nitrogens is 1. The zero-order valence-electron chi connectivity index (χ0n) is 14.0. The topological polar surface area (TPSA) is 64.3 Å². The molecule has 0 unspecified atom stereocenters. The Hall–Kier alpha value is -3.02. The molecule has 0 atom stereocenters. The molecule has 1 fully saturated rings. The molecule has 2 aromatic carbocycles. The third-order valence-electron chi connectivity index (χ3n) is 4.53. The molecular formula is C19H21N5O. The molecule has 2 N–H and O–H groups in total. The van der Waals surface area contributed by atoms with Gasteiger partial charge in [-0.15, -0.1) is 0 Å². The van der Waals surface area contributed by atoms with Gasteiger partial charge in [-0.1, -0.05) is 42.5 Å². The lowest BCUT2D eigenvalue weighted by molar-refractivity contribution is 0.193. The Morgan fingerprint density at radius 1 is 1.00 bits per heavy atom. The maximum Gasteiger partial charge on any atom is 0.317 e. The minimum atomic E-state index is -0.00638. The van der Waals surface area contributed by atoms with E-state index in [0.29, 0.717) is 19.6 Å². The van der Waals surface area contributed by atoms with Crippen molar-refractivity contribution in [1.29, 1.82) is 0 Å². The van der Waals surface area contributed by atoms with Crippen LogP contribution in [0, 0.1) is 0 Å². The normalized spacial score (nSPS) is 14.7. The first-order valence-electron chi connectivity index (χ1n) is 8.56. The van der Waals surface area contributed by atoms with Crippen molar-refractivity contribution in [3.8, 4) is 0 Å². The van der Waals surface area contributed by atoms with Crippen LogP contribution in [-0.4, -0.2) is 47.1 Å². The molecule has 6 nitrogen and oxygen atoms in total. The summed E-state index contributed by atoms with van der Waals surface area (Å²) in [4.78, 5) is 24.4. The van der Waals surface area contributed by atoms with Crippen molar-refractivity contribution in [1.82, 2.24) is 20.2 Å². The summed E-state index contributed by atoms with van der Waals surface area (Å²) in [7, 11) is 0. The van der Waals surface area contributed by atoms with E-state index in [4.69, 9.17) is 0 Å². The molecule has 25 heavy (non-hydrogen) atoms. The summed E-state index contributed by atoms with van der Waals surface area (Å²) in [6.45, 7) is 3.50. The number of hydrogen-bond acceptors (Lipinski definition) is 3. The molecular weight excluding hydrogens is 314 g/mol. The Labute approximate surface area is 146 Å². The molecule has 1 aromatic heterocycles. The van der Waals surface area contributed by atoms with Crippen LogP contribution < -0.4 is 10.2 Å². The van der Waals surface area contributed by atoms with E-state index in [2.05, 4.69) is 20.2 Å². The Morgan fingerprint density at radius 2 is 1.72 bits per heavy atom. The number of aromatic nitrogens is 2. The van der Waals surface area contributed by atoms with Gasteiger partial charge in [-0.25, -0.2) is 9.78 Å². The van der Waals surface area contributed by atoms with Gasteiger partial charge < -0.3 is 20.1 Å². The quantitative estimate of drug-likeness (QED) is 0.773. The van der Waals surface area contributed by atoms with Crippen molar-refractivity contribution in [2.75, 3.05) is 31.1 Å². The summed E-state index contributed by atoms with van der Waals surface area (Å²) >= 11 is 0. The number of piperazine rings is 1. The highest BCUT2D eigenvalue weighted by Gasteiger charge is 2.22. The smallest absolute Gasteiger partial charge is 0.317 e. The standard InChI is InChI=1S/C19H21N5O/c25-19(20-14-15-6-2-1-3-7-15)24-12-10-23(11-13-24)18-21-16-8-4-5-9-17(16)22-18/h1-9H,10-14H2,(H,20,25)(H,21,22). The third-order valence-corrected chi connectivity index (χ3v) is 4.53. The highest BCUT2D eigenvalue weighted by atomic mass is 16.2. The first-order valence-corrected chi connectivity index (χ1v) is 8.56. The van der Waals surface area contributed by atoms with Crippen molar-refractivity contribution in [2.45, 2.75) is 6.54 Å². The molecule has 6 heteroatoms. The third kappa shape index (κ3) is 3.42. The first kappa shape index (κ1) is 15.5. The zero-order valence-corrected chi connectivity index (χ0v) is 14.0. The first-order chi connectivity index (χ1) is 12.3. The SMILES string of the molecule is O=C(NCc1ccccc1)N1CCN(c2nc3ccccc3[nH]2)CC1. The Balaban J connectivity index is 1.32. The van der Waals surface area contributed by atoms with Crippen LogP contribution in [0.15, 0.2) is 54.6 Å². The molecule has 0 saturated carbocycles. The fraction of sp³-hybridized carbons (Fsp3) is 0.263. The number of carbonyl (C=O) groups excluding carboxylic acids is 1. The fourth-order valence-electron chi connectivity index (χ4n) is 3.10. The number of carbonyl (C=O) groups is 1. The average molecular weight is 335 g/mol. The number of nitrogens with one attached hydrogen (secondary N) is 2. The average Bonchev–Trinajstić information content (AvgIpc) is 3.11. The van der Waals surface area contributed by atoms with Gasteiger partial charge in [0.05, 0.1) is 11.0 Å². The van der Waals surface area contributed by atoms with Gasteiger partial charge >= 0.3 is 6.03 Å². The highest BCUT2D eigenvalue weighted by Crippen LogP contribution is 2.18. The van der Waals surface area contributed by atoms with Gasteiger partial charge in [0.2, 0.25) is 5.95 Å². The van der Waals surface area contributed by atoms with E-state index in [1.807, 2.05) is 59.5 Å². The van der Waals surface area contributed by atoms with Gasteiger partial charge in [0, 0.05) is 32.7 Å². The Bertz CT molecular complexity index is 819. The second-order valence-corrected chi connectivity index (χ2v) is 6.20. The molecule has 1 saturated heterocycles. The minimum Gasteiger partial charge on any atom is -0.339 e. The molecule has 0 aliphatic carbocycles. The number of nitrogens with zero attached hydrogens (tertiary/aromatic N) is 3. The van der Waals surface area contributed by atoms with Crippen molar-refractivity contribution in [3.63, 3.8) is 0 Å². The summed E-state index contributed by atoms with van der Waals surface area (Å²) in [5, 5.41) is 2.99. The molecule has 2 heterocycles. The van der Waals surface area contributed by atoms with Crippen LogP contribution in [0.4, 0.5) is 10.7 Å². The van der Waals surface area contributed by atoms with Crippen LogP contribution in [0.1, 0.15) is 5.56 Å². The molecule has 3 aromatic rings. The number of urea groups is 1. The van der Waals surface area contributed by atoms with Crippen LogP contribution in [0.2, 0.25) is 0 Å². The highest BCUT2D eigenvalue weighted by molar-refractivity contribution is 5.77. The van der Waals surface area contributed by atoms with Crippen LogP contribution >= 0.6 is 0 Å². The molecule has 1 aliphatic rings. The second-order valence-electron chi connectivity index (χ2n) is 6.20. The van der Waals surface area contributed by atoms with Gasteiger partial charge in [-0.05, 0) is 17.7 Å². The van der Waals surface area contributed by atoms with E-state index in [9.17, 15) is 4.79 Å². The number of benzene rings is 2. The zero-order chi connectivity index (χ0) is 17.1. The molecule has 4 rings (SSSR count). The maximum atomic E-state index is 12.3. The van der Waals surface area contributed by atoms with Crippen molar-refractivity contribution < 1.29 is 4.79 Å². The summed E-state index contributed by atoms with van der Waals surface area (Å²) in [5.74, 6) is 0.880. The number of aromatic amines is 1. The molecule has 0 bridgehead atoms. The summed E-state index contributed by atoms with van der Waals surface area (Å²) in [6, 6.07) is 18.0. The summed E-state index contributed by atoms with van der Waals surface area (Å²) < 4.78 is 0. The molecule has 0 radical (unpaired) electrons.